The molecule has 100 valence electrons. The average molecular weight is 242 g/mol. The molecule has 1 rings (SSSR count). The molecule has 0 aromatic heterocycles. The van der Waals surface area contributed by atoms with Gasteiger partial charge in [0, 0.05) is 13.0 Å². The lowest BCUT2D eigenvalue weighted by molar-refractivity contribution is 0.257. The maximum absolute atomic E-state index is 8.48. The number of rotatable bonds is 8. The molecule has 0 amide bonds. The minimum absolute atomic E-state index is 0.322. The van der Waals surface area contributed by atoms with Crippen LogP contribution in [0.4, 0.5) is 0 Å². The smallest absolute Gasteiger partial charge is 0.140 e. The van der Waals surface area contributed by atoms with Gasteiger partial charge in [-0.25, -0.2) is 0 Å². The first-order valence-corrected chi connectivity index (χ1v) is 6.67. The van der Waals surface area contributed by atoms with E-state index in [4.69, 9.17) is 10.9 Å². The number of hydrogen-bond acceptors (Lipinski definition) is 4. The summed E-state index contributed by atoms with van der Waals surface area (Å²) in [6, 6.07) is 0. The summed E-state index contributed by atoms with van der Waals surface area (Å²) >= 11 is 0. The van der Waals surface area contributed by atoms with E-state index in [-0.39, 0.29) is 0 Å². The molecule has 0 atom stereocenters. The first kappa shape index (κ1) is 14.3. The minimum atomic E-state index is 0.322. The van der Waals surface area contributed by atoms with Crippen molar-refractivity contribution in [2.75, 3.05) is 39.3 Å². The fourth-order valence-corrected chi connectivity index (χ4v) is 2.27. The lowest BCUT2D eigenvalue weighted by atomic mass is 10.3. The van der Waals surface area contributed by atoms with Gasteiger partial charge in [0.2, 0.25) is 0 Å². The van der Waals surface area contributed by atoms with E-state index in [1.165, 1.54) is 38.9 Å². The molecule has 1 heterocycles. The zero-order chi connectivity index (χ0) is 12.5. The predicted octanol–water partition coefficient (Wildman–Crippen LogP) is 0.931. The third-order valence-corrected chi connectivity index (χ3v) is 3.41. The van der Waals surface area contributed by atoms with Crippen LogP contribution in [0.1, 0.15) is 32.6 Å². The fourth-order valence-electron chi connectivity index (χ4n) is 2.27. The van der Waals surface area contributed by atoms with Crippen LogP contribution in [0.2, 0.25) is 0 Å². The van der Waals surface area contributed by atoms with Crippen LogP contribution >= 0.6 is 0 Å². The Morgan fingerprint density at radius 1 is 1.35 bits per heavy atom. The maximum atomic E-state index is 8.48. The monoisotopic (exact) mass is 242 g/mol. The lowest BCUT2D eigenvalue weighted by Gasteiger charge is -2.22. The number of hydrogen-bond donors (Lipinski definition) is 2. The fraction of sp³-hybridized carbons (Fsp3) is 0.917. The van der Waals surface area contributed by atoms with Gasteiger partial charge in [-0.2, -0.15) is 0 Å². The molecule has 0 saturated carbocycles. The standard InChI is InChI=1S/C12H26N4O/c1-2-15(11-6-12(13)14-17)9-5-10-16-7-3-4-8-16/h17H,2-11H2,1H3,(H2,13,14). The van der Waals surface area contributed by atoms with E-state index in [0.29, 0.717) is 12.3 Å². The average Bonchev–Trinajstić information content (AvgIpc) is 2.86. The van der Waals surface area contributed by atoms with Crippen molar-refractivity contribution in [3.8, 4) is 0 Å². The van der Waals surface area contributed by atoms with Crippen LogP contribution in [0, 0.1) is 0 Å². The van der Waals surface area contributed by atoms with Crippen molar-refractivity contribution in [3.63, 3.8) is 0 Å². The van der Waals surface area contributed by atoms with Gasteiger partial charge >= 0.3 is 0 Å². The van der Waals surface area contributed by atoms with Gasteiger partial charge in [-0.3, -0.25) is 0 Å². The van der Waals surface area contributed by atoms with Gasteiger partial charge in [0.15, 0.2) is 0 Å². The number of oxime groups is 1. The Balaban J connectivity index is 2.09. The Labute approximate surface area is 104 Å². The van der Waals surface area contributed by atoms with E-state index in [9.17, 15) is 0 Å². The van der Waals surface area contributed by atoms with Crippen molar-refractivity contribution in [1.29, 1.82) is 0 Å². The molecule has 3 N–H and O–H groups in total. The molecule has 0 aromatic rings. The Morgan fingerprint density at radius 3 is 2.65 bits per heavy atom. The summed E-state index contributed by atoms with van der Waals surface area (Å²) in [5.74, 6) is 0.322. The molecule has 1 saturated heterocycles. The Bertz CT molecular complexity index is 227. The van der Waals surface area contributed by atoms with E-state index in [1.54, 1.807) is 0 Å². The first-order valence-electron chi connectivity index (χ1n) is 6.67. The maximum Gasteiger partial charge on any atom is 0.140 e. The summed E-state index contributed by atoms with van der Waals surface area (Å²) in [6.45, 7) is 8.92. The quantitative estimate of drug-likeness (QED) is 0.288. The SMILES string of the molecule is CCN(CCCN1CCCC1)CC/C(N)=N/O. The van der Waals surface area contributed by atoms with Crippen LogP contribution in [-0.2, 0) is 0 Å². The molecule has 0 spiro atoms. The first-order chi connectivity index (χ1) is 8.26. The van der Waals surface area contributed by atoms with Crippen LogP contribution in [0.5, 0.6) is 0 Å². The van der Waals surface area contributed by atoms with Gasteiger partial charge < -0.3 is 20.7 Å². The highest BCUT2D eigenvalue weighted by Crippen LogP contribution is 2.07. The third kappa shape index (κ3) is 5.89. The van der Waals surface area contributed by atoms with Crippen LogP contribution in [-0.4, -0.2) is 60.1 Å². The normalized spacial score (nSPS) is 18.1. The Hall–Kier alpha value is -0.810. The van der Waals surface area contributed by atoms with Crippen molar-refractivity contribution in [3.05, 3.63) is 0 Å². The van der Waals surface area contributed by atoms with Crippen molar-refractivity contribution in [2.45, 2.75) is 32.6 Å². The lowest BCUT2D eigenvalue weighted by Crippen LogP contribution is -2.31. The van der Waals surface area contributed by atoms with Gasteiger partial charge in [0.25, 0.3) is 0 Å². The van der Waals surface area contributed by atoms with E-state index < -0.39 is 0 Å². The van der Waals surface area contributed by atoms with E-state index in [1.807, 2.05) is 0 Å². The molecule has 1 fully saturated rings. The van der Waals surface area contributed by atoms with Crippen molar-refractivity contribution in [2.24, 2.45) is 10.9 Å². The molecule has 17 heavy (non-hydrogen) atoms. The summed E-state index contributed by atoms with van der Waals surface area (Å²) in [7, 11) is 0. The number of likely N-dealkylation sites (tertiary alicyclic amines) is 1. The topological polar surface area (TPSA) is 65.1 Å². The van der Waals surface area contributed by atoms with Crippen molar-refractivity contribution >= 4 is 5.84 Å². The highest BCUT2D eigenvalue weighted by molar-refractivity contribution is 5.79. The molecule has 0 aliphatic carbocycles. The second kappa shape index (κ2) is 8.31. The minimum Gasteiger partial charge on any atom is -0.409 e. The van der Waals surface area contributed by atoms with Gasteiger partial charge in [-0.05, 0) is 52.0 Å². The molecule has 1 aliphatic heterocycles. The second-order valence-corrected chi connectivity index (χ2v) is 4.68. The highest BCUT2D eigenvalue weighted by Gasteiger charge is 2.11. The van der Waals surface area contributed by atoms with Crippen LogP contribution < -0.4 is 5.73 Å². The summed E-state index contributed by atoms with van der Waals surface area (Å²) in [4.78, 5) is 4.89. The zero-order valence-corrected chi connectivity index (χ0v) is 10.9. The third-order valence-electron chi connectivity index (χ3n) is 3.41. The summed E-state index contributed by atoms with van der Waals surface area (Å²) in [6.07, 6.45) is 4.58. The molecular weight excluding hydrogens is 216 g/mol. The van der Waals surface area contributed by atoms with Crippen molar-refractivity contribution < 1.29 is 5.21 Å². The molecular formula is C12H26N4O. The van der Waals surface area contributed by atoms with Crippen LogP contribution in [0.25, 0.3) is 0 Å². The van der Waals surface area contributed by atoms with Gasteiger partial charge in [-0.1, -0.05) is 12.1 Å². The molecule has 5 nitrogen and oxygen atoms in total. The van der Waals surface area contributed by atoms with E-state index >= 15 is 0 Å². The summed E-state index contributed by atoms with van der Waals surface area (Å²) < 4.78 is 0. The number of nitrogens with zero attached hydrogens (tertiary/aromatic N) is 3. The van der Waals surface area contributed by atoms with Gasteiger partial charge in [-0.15, -0.1) is 0 Å². The number of amidine groups is 1. The number of nitrogens with two attached hydrogens (primary N) is 1. The van der Waals surface area contributed by atoms with E-state index in [0.717, 1.165) is 19.6 Å². The highest BCUT2D eigenvalue weighted by atomic mass is 16.4. The summed E-state index contributed by atoms with van der Waals surface area (Å²) in [5, 5.41) is 11.5. The van der Waals surface area contributed by atoms with Crippen LogP contribution in [0.15, 0.2) is 5.16 Å². The molecule has 0 aromatic carbocycles. The summed E-state index contributed by atoms with van der Waals surface area (Å²) in [5.41, 5.74) is 5.47. The second-order valence-electron chi connectivity index (χ2n) is 4.68. The molecule has 0 bridgehead atoms. The Morgan fingerprint density at radius 2 is 2.06 bits per heavy atom. The van der Waals surface area contributed by atoms with Crippen LogP contribution in [0.3, 0.4) is 0 Å². The molecule has 0 radical (unpaired) electrons. The predicted molar refractivity (Wildman–Crippen MR) is 70.4 cm³/mol. The molecule has 5 heteroatoms. The zero-order valence-electron chi connectivity index (χ0n) is 10.9. The van der Waals surface area contributed by atoms with Gasteiger partial charge in [0.05, 0.1) is 0 Å². The molecule has 0 unspecified atom stereocenters. The van der Waals surface area contributed by atoms with Crippen molar-refractivity contribution in [1.82, 2.24) is 9.80 Å². The van der Waals surface area contributed by atoms with E-state index in [2.05, 4.69) is 21.9 Å². The largest absolute Gasteiger partial charge is 0.409 e. The molecule has 1 aliphatic rings. The van der Waals surface area contributed by atoms with Gasteiger partial charge in [0.1, 0.15) is 5.84 Å². The Kier molecular flexibility index (Phi) is 6.96.